The van der Waals surface area contributed by atoms with Crippen LogP contribution in [0.25, 0.3) is 0 Å². The minimum absolute atomic E-state index is 0.595. The molecule has 7 heteroatoms. The van der Waals surface area contributed by atoms with Gasteiger partial charge in [0.1, 0.15) is 5.75 Å². The molecule has 1 atom stereocenters. The molecule has 1 saturated heterocycles. The summed E-state index contributed by atoms with van der Waals surface area (Å²) in [7, 11) is 1.67. The quantitative estimate of drug-likeness (QED) is 0.816. The third-order valence-electron chi connectivity index (χ3n) is 4.21. The van der Waals surface area contributed by atoms with E-state index in [4.69, 9.17) is 17.0 Å². The number of likely N-dealkylation sites (tertiary alicyclic amines) is 1. The molecule has 0 bridgehead atoms. The second-order valence-electron chi connectivity index (χ2n) is 5.80. The molecular formula is C16H22N4OS2. The topological polar surface area (TPSA) is 42.3 Å². The zero-order valence-corrected chi connectivity index (χ0v) is 15.1. The Morgan fingerprint density at radius 3 is 3.00 bits per heavy atom. The van der Waals surface area contributed by atoms with E-state index in [0.717, 1.165) is 33.7 Å². The third-order valence-corrected chi connectivity index (χ3v) is 5.43. The van der Waals surface area contributed by atoms with Crippen LogP contribution in [0.4, 0.5) is 10.8 Å². The van der Waals surface area contributed by atoms with Gasteiger partial charge in [0.2, 0.25) is 5.13 Å². The molecule has 124 valence electrons. The minimum Gasteiger partial charge on any atom is -0.495 e. The first kappa shape index (κ1) is 16.4. The van der Waals surface area contributed by atoms with Crippen LogP contribution in [0.5, 0.6) is 5.75 Å². The lowest BCUT2D eigenvalue weighted by Crippen LogP contribution is -2.38. The highest BCUT2D eigenvalue weighted by Crippen LogP contribution is 2.28. The molecule has 1 aromatic heterocycles. The van der Waals surface area contributed by atoms with Crippen molar-refractivity contribution in [3.8, 4) is 5.75 Å². The molecule has 3 rings (SSSR count). The minimum atomic E-state index is 0.595. The van der Waals surface area contributed by atoms with Gasteiger partial charge in [-0.2, -0.15) is 0 Å². The zero-order valence-electron chi connectivity index (χ0n) is 13.5. The molecule has 5 nitrogen and oxygen atoms in total. The zero-order chi connectivity index (χ0) is 16.2. The van der Waals surface area contributed by atoms with E-state index in [1.807, 2.05) is 28.9 Å². The number of hydrogen-bond acceptors (Lipinski definition) is 6. The summed E-state index contributed by atoms with van der Waals surface area (Å²) in [5.74, 6) is 0.796. The molecule has 0 spiro atoms. The van der Waals surface area contributed by atoms with Crippen LogP contribution in [0.2, 0.25) is 0 Å². The van der Waals surface area contributed by atoms with Crippen LogP contribution in [0.1, 0.15) is 26.2 Å². The maximum absolute atomic E-state index is 5.48. The van der Waals surface area contributed by atoms with E-state index in [0.29, 0.717) is 6.04 Å². The summed E-state index contributed by atoms with van der Waals surface area (Å²) in [4.78, 5) is 2.45. The van der Waals surface area contributed by atoms with Gasteiger partial charge in [0.05, 0.1) is 19.5 Å². The Balaban J connectivity index is 1.74. The van der Waals surface area contributed by atoms with E-state index in [1.54, 1.807) is 7.11 Å². The number of methoxy groups -OCH3 is 1. The number of nitrogens with zero attached hydrogens (tertiary/aromatic N) is 3. The summed E-state index contributed by atoms with van der Waals surface area (Å²) in [6.07, 6.45) is 3.83. The van der Waals surface area contributed by atoms with Crippen molar-refractivity contribution in [3.05, 3.63) is 28.2 Å². The first-order valence-electron chi connectivity index (χ1n) is 7.89. The van der Waals surface area contributed by atoms with E-state index >= 15 is 0 Å². The van der Waals surface area contributed by atoms with E-state index in [9.17, 15) is 0 Å². The molecule has 0 radical (unpaired) electrons. The summed E-state index contributed by atoms with van der Waals surface area (Å²) in [6.45, 7) is 4.17. The monoisotopic (exact) mass is 350 g/mol. The van der Waals surface area contributed by atoms with Crippen LogP contribution in [-0.4, -0.2) is 34.4 Å². The van der Waals surface area contributed by atoms with Gasteiger partial charge in [0.15, 0.2) is 3.95 Å². The Morgan fingerprint density at radius 2 is 2.22 bits per heavy atom. The Kier molecular flexibility index (Phi) is 5.30. The Hall–Kier alpha value is -1.44. The smallest absolute Gasteiger partial charge is 0.209 e. The third kappa shape index (κ3) is 3.91. The molecule has 1 aromatic carbocycles. The first-order chi connectivity index (χ1) is 11.2. The lowest BCUT2D eigenvalue weighted by molar-refractivity contribution is 0.115. The van der Waals surface area contributed by atoms with Crippen LogP contribution in [-0.2, 0) is 6.67 Å². The lowest BCUT2D eigenvalue weighted by Gasteiger charge is -2.32. The van der Waals surface area contributed by atoms with Crippen molar-refractivity contribution in [2.24, 2.45) is 0 Å². The number of para-hydroxylation sites is 2. The maximum atomic E-state index is 5.48. The SMILES string of the molecule is COc1ccccc1Nc1nn(CN2CCCCC2C)c(=S)s1. The summed E-state index contributed by atoms with van der Waals surface area (Å²) in [5, 5.41) is 8.74. The molecule has 23 heavy (non-hydrogen) atoms. The maximum Gasteiger partial charge on any atom is 0.209 e. The van der Waals surface area contributed by atoms with Gasteiger partial charge in [-0.15, -0.1) is 5.10 Å². The molecule has 1 unspecified atom stereocenters. The van der Waals surface area contributed by atoms with Gasteiger partial charge in [-0.1, -0.05) is 29.9 Å². The van der Waals surface area contributed by atoms with Gasteiger partial charge in [-0.3, -0.25) is 4.90 Å². The van der Waals surface area contributed by atoms with Crippen molar-refractivity contribution in [2.75, 3.05) is 19.0 Å². The van der Waals surface area contributed by atoms with E-state index < -0.39 is 0 Å². The highest BCUT2D eigenvalue weighted by Gasteiger charge is 2.19. The first-order valence-corrected chi connectivity index (χ1v) is 9.12. The number of nitrogens with one attached hydrogen (secondary N) is 1. The normalized spacial score (nSPS) is 18.8. The Bertz CT molecular complexity index is 712. The van der Waals surface area contributed by atoms with E-state index in [1.165, 1.54) is 30.6 Å². The van der Waals surface area contributed by atoms with Gasteiger partial charge in [0, 0.05) is 12.6 Å². The van der Waals surface area contributed by atoms with Crippen molar-refractivity contribution in [2.45, 2.75) is 38.9 Å². The molecule has 1 aliphatic heterocycles. The molecular weight excluding hydrogens is 328 g/mol. The molecule has 1 fully saturated rings. The number of rotatable bonds is 5. The second-order valence-corrected chi connectivity index (χ2v) is 7.42. The van der Waals surface area contributed by atoms with Crippen molar-refractivity contribution < 1.29 is 4.74 Å². The molecule has 0 aliphatic carbocycles. The highest BCUT2D eigenvalue weighted by molar-refractivity contribution is 7.73. The van der Waals surface area contributed by atoms with Gasteiger partial charge in [-0.05, 0) is 44.1 Å². The number of ether oxygens (including phenoxy) is 1. The lowest BCUT2D eigenvalue weighted by atomic mass is 10.0. The van der Waals surface area contributed by atoms with Gasteiger partial charge in [0.25, 0.3) is 0 Å². The summed E-state index contributed by atoms with van der Waals surface area (Å²) in [5.41, 5.74) is 0.900. The predicted molar refractivity (Wildman–Crippen MR) is 97.2 cm³/mol. The highest BCUT2D eigenvalue weighted by atomic mass is 32.1. The van der Waals surface area contributed by atoms with Crippen molar-refractivity contribution in [3.63, 3.8) is 0 Å². The molecule has 2 aromatic rings. The number of anilines is 2. The van der Waals surface area contributed by atoms with Crippen molar-refractivity contribution in [1.82, 2.24) is 14.7 Å². The standard InChI is InChI=1S/C16H22N4OS2/c1-12-7-5-6-10-19(12)11-20-16(22)23-15(18-20)17-13-8-3-4-9-14(13)21-2/h3-4,8-9,12H,5-7,10-11H2,1-2H3,(H,17,18). The summed E-state index contributed by atoms with van der Waals surface area (Å²) >= 11 is 6.97. The fourth-order valence-electron chi connectivity index (χ4n) is 2.85. The number of piperidine rings is 1. The van der Waals surface area contributed by atoms with Crippen LogP contribution < -0.4 is 10.1 Å². The van der Waals surface area contributed by atoms with Crippen LogP contribution >= 0.6 is 23.6 Å². The number of benzene rings is 1. The van der Waals surface area contributed by atoms with Crippen LogP contribution in [0.15, 0.2) is 24.3 Å². The second kappa shape index (κ2) is 7.42. The molecule has 0 saturated carbocycles. The molecule has 1 aliphatic rings. The van der Waals surface area contributed by atoms with E-state index in [2.05, 4.69) is 22.2 Å². The molecule has 1 N–H and O–H groups in total. The summed E-state index contributed by atoms with van der Waals surface area (Å²) in [6, 6.07) is 8.41. The summed E-state index contributed by atoms with van der Waals surface area (Å²) < 4.78 is 8.07. The average molecular weight is 351 g/mol. The Morgan fingerprint density at radius 1 is 1.39 bits per heavy atom. The Labute approximate surface area is 145 Å². The van der Waals surface area contributed by atoms with Crippen molar-refractivity contribution >= 4 is 34.4 Å². The van der Waals surface area contributed by atoms with Gasteiger partial charge < -0.3 is 10.1 Å². The average Bonchev–Trinajstić information content (AvgIpc) is 2.89. The fourth-order valence-corrected chi connectivity index (χ4v) is 3.85. The van der Waals surface area contributed by atoms with E-state index in [-0.39, 0.29) is 0 Å². The van der Waals surface area contributed by atoms with Crippen LogP contribution in [0.3, 0.4) is 0 Å². The number of hydrogen-bond donors (Lipinski definition) is 1. The predicted octanol–water partition coefficient (Wildman–Crippen LogP) is 4.26. The molecule has 0 amide bonds. The van der Waals surface area contributed by atoms with Gasteiger partial charge >= 0.3 is 0 Å². The van der Waals surface area contributed by atoms with Crippen molar-refractivity contribution in [1.29, 1.82) is 0 Å². The number of aromatic nitrogens is 2. The molecule has 2 heterocycles. The largest absolute Gasteiger partial charge is 0.495 e. The fraction of sp³-hybridized carbons (Fsp3) is 0.500. The van der Waals surface area contributed by atoms with Crippen LogP contribution in [0, 0.1) is 3.95 Å². The van der Waals surface area contributed by atoms with Gasteiger partial charge in [-0.25, -0.2) is 4.68 Å².